The number of rotatable bonds is 7. The van der Waals surface area contributed by atoms with Crippen molar-refractivity contribution in [2.24, 2.45) is 5.41 Å². The Morgan fingerprint density at radius 2 is 1.87 bits per heavy atom. The Kier molecular flexibility index (Phi) is 5.34. The largest absolute Gasteiger partial charge is 0.338 e. The number of sulfone groups is 1. The van der Waals surface area contributed by atoms with Crippen LogP contribution in [0, 0.1) is 5.41 Å². The summed E-state index contributed by atoms with van der Waals surface area (Å²) in [5.41, 5.74) is 1.31. The smallest absolute Gasteiger partial charge is 0.315 e. The number of carbonyl (C=O) groups excluding carboxylic acids is 1. The van der Waals surface area contributed by atoms with Crippen LogP contribution < -0.4 is 10.6 Å². The predicted octanol–water partition coefficient (Wildman–Crippen LogP) is 3.03. The lowest BCUT2D eigenvalue weighted by atomic mass is 10.1. The molecule has 0 heterocycles. The highest BCUT2D eigenvalue weighted by Gasteiger charge is 2.36. The van der Waals surface area contributed by atoms with Crippen molar-refractivity contribution in [2.75, 3.05) is 12.3 Å². The molecule has 6 heteroatoms. The third kappa shape index (κ3) is 4.96. The SMILES string of the molecule is CCS(=O)(=O)c1ccc([C@@H](C)NC(=O)NCCC2(C)CC2)cc1. The average Bonchev–Trinajstić information content (AvgIpc) is 3.25. The van der Waals surface area contributed by atoms with E-state index in [1.54, 1.807) is 31.2 Å². The van der Waals surface area contributed by atoms with E-state index in [2.05, 4.69) is 17.6 Å². The summed E-state index contributed by atoms with van der Waals surface area (Å²) in [6, 6.07) is 6.32. The highest BCUT2D eigenvalue weighted by Crippen LogP contribution is 2.47. The van der Waals surface area contributed by atoms with Gasteiger partial charge in [-0.05, 0) is 49.3 Å². The van der Waals surface area contributed by atoms with E-state index < -0.39 is 9.84 Å². The van der Waals surface area contributed by atoms with Gasteiger partial charge in [-0.15, -0.1) is 0 Å². The first-order valence-electron chi connectivity index (χ1n) is 8.13. The molecule has 1 fully saturated rings. The third-order valence-electron chi connectivity index (χ3n) is 4.58. The molecule has 1 aliphatic rings. The first kappa shape index (κ1) is 17.8. The molecule has 5 nitrogen and oxygen atoms in total. The zero-order valence-corrected chi connectivity index (χ0v) is 14.9. The second kappa shape index (κ2) is 6.91. The van der Waals surface area contributed by atoms with Crippen molar-refractivity contribution >= 4 is 15.9 Å². The molecule has 0 saturated heterocycles. The van der Waals surface area contributed by atoms with Crippen molar-refractivity contribution in [1.82, 2.24) is 10.6 Å². The van der Waals surface area contributed by atoms with Crippen molar-refractivity contribution in [3.8, 4) is 0 Å². The van der Waals surface area contributed by atoms with E-state index in [1.807, 2.05) is 6.92 Å². The molecule has 2 N–H and O–H groups in total. The number of hydrogen-bond donors (Lipinski definition) is 2. The zero-order chi connectivity index (χ0) is 17.1. The van der Waals surface area contributed by atoms with Crippen molar-refractivity contribution in [3.63, 3.8) is 0 Å². The van der Waals surface area contributed by atoms with Gasteiger partial charge in [-0.25, -0.2) is 13.2 Å². The van der Waals surface area contributed by atoms with Crippen LogP contribution in [0.2, 0.25) is 0 Å². The van der Waals surface area contributed by atoms with E-state index in [9.17, 15) is 13.2 Å². The molecule has 1 saturated carbocycles. The summed E-state index contributed by atoms with van der Waals surface area (Å²) >= 11 is 0. The van der Waals surface area contributed by atoms with Crippen molar-refractivity contribution in [2.45, 2.75) is 51.0 Å². The molecule has 23 heavy (non-hydrogen) atoms. The summed E-state index contributed by atoms with van der Waals surface area (Å²) in [4.78, 5) is 12.2. The van der Waals surface area contributed by atoms with Crippen LogP contribution in [0.1, 0.15) is 51.6 Å². The van der Waals surface area contributed by atoms with Crippen LogP contribution in [-0.2, 0) is 9.84 Å². The molecule has 2 amide bonds. The van der Waals surface area contributed by atoms with E-state index in [0.29, 0.717) is 16.9 Å². The van der Waals surface area contributed by atoms with Gasteiger partial charge in [-0.3, -0.25) is 0 Å². The standard InChI is InChI=1S/C17H26N2O3S/c1-4-23(21,22)15-7-5-14(6-8-15)13(2)19-16(20)18-12-11-17(3)9-10-17/h5-8,13H,4,9-12H2,1-3H3,(H2,18,19,20)/t13-/m1/s1. The normalized spacial score (nSPS) is 17.3. The maximum absolute atomic E-state index is 11.9. The molecule has 1 aliphatic carbocycles. The molecular weight excluding hydrogens is 312 g/mol. The molecule has 0 radical (unpaired) electrons. The molecule has 0 bridgehead atoms. The fourth-order valence-electron chi connectivity index (χ4n) is 2.40. The van der Waals surface area contributed by atoms with Crippen LogP contribution in [0.25, 0.3) is 0 Å². The lowest BCUT2D eigenvalue weighted by molar-refractivity contribution is 0.237. The first-order valence-corrected chi connectivity index (χ1v) is 9.78. The number of amides is 2. The monoisotopic (exact) mass is 338 g/mol. The Labute approximate surface area is 138 Å². The summed E-state index contributed by atoms with van der Waals surface area (Å²) in [7, 11) is -3.18. The minimum Gasteiger partial charge on any atom is -0.338 e. The van der Waals surface area contributed by atoms with Crippen LogP contribution in [-0.4, -0.2) is 26.7 Å². The minimum absolute atomic E-state index is 0.0848. The van der Waals surface area contributed by atoms with Crippen LogP contribution in [0.15, 0.2) is 29.2 Å². The Morgan fingerprint density at radius 3 is 2.39 bits per heavy atom. The van der Waals surface area contributed by atoms with E-state index >= 15 is 0 Å². The molecule has 1 atom stereocenters. The van der Waals surface area contributed by atoms with Crippen molar-refractivity contribution in [3.05, 3.63) is 29.8 Å². The van der Waals surface area contributed by atoms with E-state index in [1.165, 1.54) is 12.8 Å². The van der Waals surface area contributed by atoms with Crippen molar-refractivity contribution < 1.29 is 13.2 Å². The van der Waals surface area contributed by atoms with Gasteiger partial charge in [0.1, 0.15) is 0 Å². The summed E-state index contributed by atoms with van der Waals surface area (Å²) in [6.07, 6.45) is 3.51. The third-order valence-corrected chi connectivity index (χ3v) is 6.33. The van der Waals surface area contributed by atoms with Crippen LogP contribution in [0.5, 0.6) is 0 Å². The summed E-state index contributed by atoms with van der Waals surface area (Å²) in [5, 5.41) is 5.75. The molecule has 0 aliphatic heterocycles. The maximum atomic E-state index is 11.9. The molecule has 0 aromatic heterocycles. The molecule has 128 valence electrons. The van der Waals surface area contributed by atoms with E-state index in [-0.39, 0.29) is 17.8 Å². The second-order valence-corrected chi connectivity index (χ2v) is 8.93. The number of nitrogens with one attached hydrogen (secondary N) is 2. The quantitative estimate of drug-likeness (QED) is 0.802. The number of urea groups is 1. The van der Waals surface area contributed by atoms with Gasteiger partial charge in [-0.1, -0.05) is 26.0 Å². The number of hydrogen-bond acceptors (Lipinski definition) is 3. The lowest BCUT2D eigenvalue weighted by Gasteiger charge is -2.16. The Bertz CT molecular complexity index is 649. The van der Waals surface area contributed by atoms with Gasteiger partial charge in [0.25, 0.3) is 0 Å². The molecule has 0 spiro atoms. The highest BCUT2D eigenvalue weighted by atomic mass is 32.2. The Balaban J connectivity index is 1.84. The van der Waals surface area contributed by atoms with Gasteiger partial charge in [0.15, 0.2) is 9.84 Å². The van der Waals surface area contributed by atoms with Gasteiger partial charge < -0.3 is 10.6 Å². The number of carbonyl (C=O) groups is 1. The van der Waals surface area contributed by atoms with Gasteiger partial charge in [0, 0.05) is 6.54 Å². The topological polar surface area (TPSA) is 75.3 Å². The Hall–Kier alpha value is -1.56. The van der Waals surface area contributed by atoms with E-state index in [4.69, 9.17) is 0 Å². The van der Waals surface area contributed by atoms with Gasteiger partial charge in [-0.2, -0.15) is 0 Å². The van der Waals surface area contributed by atoms with Gasteiger partial charge in [0.2, 0.25) is 0 Å². The molecule has 1 aromatic carbocycles. The molecule has 1 aromatic rings. The fourth-order valence-corrected chi connectivity index (χ4v) is 3.29. The van der Waals surface area contributed by atoms with E-state index in [0.717, 1.165) is 12.0 Å². The number of benzene rings is 1. The summed E-state index contributed by atoms with van der Waals surface area (Å²) in [5.74, 6) is 0.0848. The maximum Gasteiger partial charge on any atom is 0.315 e. The van der Waals surface area contributed by atoms with Gasteiger partial charge >= 0.3 is 6.03 Å². The van der Waals surface area contributed by atoms with Crippen LogP contribution >= 0.6 is 0 Å². The molecular formula is C17H26N2O3S. The summed E-state index contributed by atoms with van der Waals surface area (Å²) in [6.45, 7) is 6.43. The van der Waals surface area contributed by atoms with Crippen molar-refractivity contribution in [1.29, 1.82) is 0 Å². The molecule has 0 unspecified atom stereocenters. The van der Waals surface area contributed by atoms with Crippen LogP contribution in [0.3, 0.4) is 0 Å². The van der Waals surface area contributed by atoms with Crippen LogP contribution in [0.4, 0.5) is 4.79 Å². The average molecular weight is 338 g/mol. The minimum atomic E-state index is -3.18. The first-order chi connectivity index (χ1) is 10.8. The predicted molar refractivity (Wildman–Crippen MR) is 91.1 cm³/mol. The summed E-state index contributed by atoms with van der Waals surface area (Å²) < 4.78 is 23.6. The lowest BCUT2D eigenvalue weighted by Crippen LogP contribution is -2.38. The fraction of sp³-hybridized carbons (Fsp3) is 0.588. The highest BCUT2D eigenvalue weighted by molar-refractivity contribution is 7.91. The zero-order valence-electron chi connectivity index (χ0n) is 14.1. The van der Waals surface area contributed by atoms with Gasteiger partial charge in [0.05, 0.1) is 16.7 Å². The Morgan fingerprint density at radius 1 is 1.26 bits per heavy atom. The molecule has 2 rings (SSSR count). The second-order valence-electron chi connectivity index (χ2n) is 6.66.